The van der Waals surface area contributed by atoms with Crippen LogP contribution in [0.1, 0.15) is 123 Å². The van der Waals surface area contributed by atoms with Gasteiger partial charge in [0.15, 0.2) is 6.10 Å². The van der Waals surface area contributed by atoms with Crippen LogP contribution < -0.4 is 5.32 Å². The molecule has 0 aliphatic rings. The molecule has 0 aliphatic carbocycles. The van der Waals surface area contributed by atoms with Gasteiger partial charge in [-0.3, -0.25) is 4.79 Å². The Labute approximate surface area is 204 Å². The van der Waals surface area contributed by atoms with Crippen molar-refractivity contribution in [3.8, 4) is 0 Å². The minimum Gasteiger partial charge on any atom is -0.481 e. The van der Waals surface area contributed by atoms with E-state index in [0.29, 0.717) is 17.4 Å². The number of amides is 1. The number of hydrogen-bond acceptors (Lipinski definition) is 3. The molecule has 0 saturated carbocycles. The van der Waals surface area contributed by atoms with Crippen molar-refractivity contribution in [1.82, 2.24) is 5.32 Å². The molecule has 0 bridgehead atoms. The van der Waals surface area contributed by atoms with E-state index >= 15 is 0 Å². The molecular weight excluding hydrogens is 416 g/mol. The van der Waals surface area contributed by atoms with E-state index in [2.05, 4.69) is 26.3 Å². The number of hydrogen-bond donors (Lipinski definition) is 2. The maximum Gasteiger partial charge on any atom is 0.407 e. The number of likely N-dealkylation sites (N-methyl/N-ethyl adjacent to an activating group) is 1. The maximum atomic E-state index is 12.0. The first-order valence-electron chi connectivity index (χ1n) is 13.8. The van der Waals surface area contributed by atoms with Crippen molar-refractivity contribution >= 4 is 12.1 Å². The Kier molecular flexibility index (Phi) is 20.4. The smallest absolute Gasteiger partial charge is 0.407 e. The van der Waals surface area contributed by atoms with Crippen LogP contribution in [0.3, 0.4) is 0 Å². The number of carbonyl (C=O) groups excluding carboxylic acids is 1. The number of aliphatic carboxylic acids is 1. The molecule has 1 atom stereocenters. The minimum absolute atomic E-state index is 0.131. The Hall–Kier alpha value is -1.30. The molecule has 0 aromatic carbocycles. The number of unbranched alkanes of at least 4 members (excludes halogenated alkanes) is 13. The van der Waals surface area contributed by atoms with Crippen LogP contribution in [0.2, 0.25) is 0 Å². The van der Waals surface area contributed by atoms with Crippen molar-refractivity contribution < 1.29 is 23.9 Å². The Morgan fingerprint density at radius 2 is 1.27 bits per heavy atom. The average molecular weight is 472 g/mol. The summed E-state index contributed by atoms with van der Waals surface area (Å²) in [5, 5.41) is 11.6. The molecule has 0 fully saturated rings. The van der Waals surface area contributed by atoms with Gasteiger partial charge in [-0.1, -0.05) is 90.4 Å². The molecule has 0 heterocycles. The molecule has 0 rings (SSSR count). The van der Waals surface area contributed by atoms with Crippen LogP contribution in [0.4, 0.5) is 4.79 Å². The van der Waals surface area contributed by atoms with Crippen LogP contribution in [-0.2, 0) is 9.53 Å². The minimum atomic E-state index is -0.757. The van der Waals surface area contributed by atoms with Crippen LogP contribution in [-0.4, -0.2) is 61.5 Å². The Morgan fingerprint density at radius 3 is 1.73 bits per heavy atom. The van der Waals surface area contributed by atoms with Crippen molar-refractivity contribution in [2.45, 2.75) is 129 Å². The molecular formula is C27H55N2O4+. The molecule has 6 nitrogen and oxygen atoms in total. The largest absolute Gasteiger partial charge is 0.481 e. The van der Waals surface area contributed by atoms with Gasteiger partial charge in [-0.2, -0.15) is 0 Å². The first kappa shape index (κ1) is 31.7. The lowest BCUT2D eigenvalue weighted by molar-refractivity contribution is -0.893. The quantitative estimate of drug-likeness (QED) is 0.125. The summed E-state index contributed by atoms with van der Waals surface area (Å²) < 4.78 is 6.35. The summed E-state index contributed by atoms with van der Waals surface area (Å²) >= 11 is 0. The molecule has 0 radical (unpaired) electrons. The summed E-state index contributed by atoms with van der Waals surface area (Å²) in [5.41, 5.74) is 0. The maximum absolute atomic E-state index is 12.0. The lowest BCUT2D eigenvalue weighted by Crippen LogP contribution is -2.48. The van der Waals surface area contributed by atoms with Crippen molar-refractivity contribution in [3.63, 3.8) is 0 Å². The van der Waals surface area contributed by atoms with E-state index in [1.807, 2.05) is 6.92 Å². The summed E-state index contributed by atoms with van der Waals surface area (Å²) in [4.78, 5) is 22.8. The molecule has 0 saturated heterocycles. The Balaban J connectivity index is 3.99. The van der Waals surface area contributed by atoms with Gasteiger partial charge >= 0.3 is 12.1 Å². The van der Waals surface area contributed by atoms with E-state index < -0.39 is 5.97 Å². The van der Waals surface area contributed by atoms with Gasteiger partial charge in [-0.25, -0.2) is 4.79 Å². The van der Waals surface area contributed by atoms with Crippen molar-refractivity contribution in [3.05, 3.63) is 0 Å². The molecule has 0 aromatic heterocycles. The number of quaternary nitrogens is 1. The number of carboxylic acids is 1. The van der Waals surface area contributed by atoms with Crippen LogP contribution in [0.5, 0.6) is 0 Å². The van der Waals surface area contributed by atoms with Crippen LogP contribution in [0.15, 0.2) is 0 Å². The van der Waals surface area contributed by atoms with E-state index in [1.165, 1.54) is 83.5 Å². The SMILES string of the molecule is CCCCCCCCCCCCCCCCC(C[N+](C)(C)CCCC(=O)O)OC(=O)NCC. The van der Waals surface area contributed by atoms with Crippen LogP contribution in [0.25, 0.3) is 0 Å². The van der Waals surface area contributed by atoms with E-state index in [1.54, 1.807) is 0 Å². The third-order valence-corrected chi connectivity index (χ3v) is 6.33. The number of nitrogens with zero attached hydrogens (tertiary/aromatic N) is 1. The predicted molar refractivity (Wildman–Crippen MR) is 138 cm³/mol. The number of carboxylic acid groups (broad SMARTS) is 1. The summed E-state index contributed by atoms with van der Waals surface area (Å²) in [6.45, 7) is 6.19. The van der Waals surface area contributed by atoms with Gasteiger partial charge in [0.2, 0.25) is 0 Å². The molecule has 1 amide bonds. The lowest BCUT2D eigenvalue weighted by atomic mass is 10.0. The first-order valence-corrected chi connectivity index (χ1v) is 13.8. The van der Waals surface area contributed by atoms with Gasteiger partial charge in [0.05, 0.1) is 27.1 Å². The van der Waals surface area contributed by atoms with Gasteiger partial charge in [0.1, 0.15) is 6.54 Å². The highest BCUT2D eigenvalue weighted by Gasteiger charge is 2.25. The number of rotatable bonds is 23. The third-order valence-electron chi connectivity index (χ3n) is 6.33. The summed E-state index contributed by atoms with van der Waals surface area (Å²) in [6, 6.07) is 0. The summed E-state index contributed by atoms with van der Waals surface area (Å²) in [5.74, 6) is -0.757. The number of nitrogens with one attached hydrogen (secondary N) is 1. The summed E-state index contributed by atoms with van der Waals surface area (Å²) in [7, 11) is 4.17. The van der Waals surface area contributed by atoms with Gasteiger partial charge in [-0.15, -0.1) is 0 Å². The first-order chi connectivity index (χ1) is 15.8. The molecule has 0 aromatic rings. The fraction of sp³-hybridized carbons (Fsp3) is 0.926. The van der Waals surface area contributed by atoms with Gasteiger partial charge in [-0.05, 0) is 19.8 Å². The van der Waals surface area contributed by atoms with Crippen LogP contribution in [0, 0.1) is 0 Å². The monoisotopic (exact) mass is 471 g/mol. The second kappa shape index (κ2) is 21.2. The van der Waals surface area contributed by atoms with Gasteiger partial charge in [0, 0.05) is 13.0 Å². The molecule has 6 heteroatoms. The number of carbonyl (C=O) groups is 2. The van der Waals surface area contributed by atoms with Crippen molar-refractivity contribution in [2.75, 3.05) is 33.7 Å². The lowest BCUT2D eigenvalue weighted by Gasteiger charge is -2.33. The van der Waals surface area contributed by atoms with Gasteiger partial charge in [0.25, 0.3) is 0 Å². The highest BCUT2D eigenvalue weighted by Crippen LogP contribution is 2.16. The second-order valence-corrected chi connectivity index (χ2v) is 10.3. The zero-order chi connectivity index (χ0) is 24.8. The van der Waals surface area contributed by atoms with Crippen molar-refractivity contribution in [1.29, 1.82) is 0 Å². The zero-order valence-corrected chi connectivity index (χ0v) is 22.3. The van der Waals surface area contributed by atoms with E-state index in [-0.39, 0.29) is 18.6 Å². The predicted octanol–water partition coefficient (Wildman–Crippen LogP) is 6.91. The Bertz CT molecular complexity index is 483. The zero-order valence-electron chi connectivity index (χ0n) is 22.3. The normalized spacial score (nSPS) is 12.5. The molecule has 196 valence electrons. The van der Waals surface area contributed by atoms with E-state index in [9.17, 15) is 9.59 Å². The third kappa shape index (κ3) is 22.3. The second-order valence-electron chi connectivity index (χ2n) is 10.3. The molecule has 33 heavy (non-hydrogen) atoms. The van der Waals surface area contributed by atoms with Gasteiger partial charge < -0.3 is 19.6 Å². The van der Waals surface area contributed by atoms with E-state index in [4.69, 9.17) is 9.84 Å². The fourth-order valence-corrected chi connectivity index (χ4v) is 4.39. The standard InChI is InChI=1S/C27H54N2O4/c1-5-7-8-9-10-11-12-13-14-15-16-17-18-19-21-25(33-27(32)28-6-2)24-29(3,4)23-20-22-26(30)31/h25H,5-24H2,1-4H3,(H-,28,30,31,32)/p+1. The average Bonchev–Trinajstić information content (AvgIpc) is 2.73. The van der Waals surface area contributed by atoms with Crippen molar-refractivity contribution in [2.24, 2.45) is 0 Å². The number of alkyl carbamates (subject to hydrolysis) is 1. The fourth-order valence-electron chi connectivity index (χ4n) is 4.39. The topological polar surface area (TPSA) is 75.6 Å². The Morgan fingerprint density at radius 1 is 0.788 bits per heavy atom. The molecule has 0 aliphatic heterocycles. The molecule has 2 N–H and O–H groups in total. The van der Waals surface area contributed by atoms with Crippen LogP contribution >= 0.6 is 0 Å². The van der Waals surface area contributed by atoms with E-state index in [0.717, 1.165) is 25.9 Å². The number of ether oxygens (including phenoxy) is 1. The molecule has 0 spiro atoms. The highest BCUT2D eigenvalue weighted by molar-refractivity contribution is 5.67. The highest BCUT2D eigenvalue weighted by atomic mass is 16.6. The summed E-state index contributed by atoms with van der Waals surface area (Å²) in [6.07, 6.45) is 19.8. The molecule has 1 unspecified atom stereocenters.